The Hall–Kier alpha value is -1.03. The summed E-state index contributed by atoms with van der Waals surface area (Å²) in [6, 6.07) is 3.84. The maximum absolute atomic E-state index is 5.38. The van der Waals surface area contributed by atoms with Crippen molar-refractivity contribution in [1.82, 2.24) is 4.98 Å². The Balaban J connectivity index is 2.51. The van der Waals surface area contributed by atoms with Crippen molar-refractivity contribution in [3.63, 3.8) is 0 Å². The molecule has 2 aromatic rings. The molecule has 86 valence electrons. The van der Waals surface area contributed by atoms with Crippen molar-refractivity contribution < 1.29 is 4.42 Å². The average Bonchev–Trinajstić information content (AvgIpc) is 2.75. The molecule has 16 heavy (non-hydrogen) atoms. The molecule has 0 fully saturated rings. The molecule has 3 nitrogen and oxygen atoms in total. The first kappa shape index (κ1) is 11.5. The molecule has 2 heterocycles. The van der Waals surface area contributed by atoms with E-state index in [2.05, 4.69) is 46.7 Å². The van der Waals surface area contributed by atoms with Crippen molar-refractivity contribution in [2.24, 2.45) is 0 Å². The number of alkyl halides is 1. The summed E-state index contributed by atoms with van der Waals surface area (Å²) in [7, 11) is 2.05. The van der Waals surface area contributed by atoms with E-state index >= 15 is 0 Å². The Labute approximate surface area is 104 Å². The molecule has 0 radical (unpaired) electrons. The lowest BCUT2D eigenvalue weighted by atomic mass is 10.1. The zero-order valence-electron chi connectivity index (χ0n) is 9.70. The molecular formula is C12H15BrN2O. The van der Waals surface area contributed by atoms with Crippen LogP contribution in [0.25, 0.3) is 11.0 Å². The van der Waals surface area contributed by atoms with E-state index in [0.717, 1.165) is 22.1 Å². The lowest BCUT2D eigenvalue weighted by Gasteiger charge is -2.35. The number of furan rings is 1. The summed E-state index contributed by atoms with van der Waals surface area (Å²) in [5.74, 6) is 0.954. The van der Waals surface area contributed by atoms with Crippen LogP contribution in [0.4, 0.5) is 5.82 Å². The number of halogens is 1. The number of anilines is 1. The van der Waals surface area contributed by atoms with E-state index in [-0.39, 0.29) is 5.54 Å². The molecule has 0 unspecified atom stereocenters. The van der Waals surface area contributed by atoms with E-state index in [9.17, 15) is 0 Å². The van der Waals surface area contributed by atoms with Gasteiger partial charge >= 0.3 is 0 Å². The lowest BCUT2D eigenvalue weighted by molar-refractivity contribution is 0.548. The highest BCUT2D eigenvalue weighted by Crippen LogP contribution is 2.29. The van der Waals surface area contributed by atoms with Crippen LogP contribution in [0, 0.1) is 0 Å². The number of aromatic nitrogens is 1. The van der Waals surface area contributed by atoms with Crippen LogP contribution in [-0.2, 0) is 0 Å². The number of rotatable bonds is 3. The molecular weight excluding hydrogens is 268 g/mol. The fourth-order valence-electron chi connectivity index (χ4n) is 1.52. The molecule has 0 aliphatic heterocycles. The monoisotopic (exact) mass is 282 g/mol. The van der Waals surface area contributed by atoms with Crippen LogP contribution in [-0.4, -0.2) is 22.9 Å². The molecule has 4 heteroatoms. The predicted octanol–water partition coefficient (Wildman–Crippen LogP) is 3.44. The molecule has 0 spiro atoms. The first-order valence-corrected chi connectivity index (χ1v) is 6.30. The van der Waals surface area contributed by atoms with Gasteiger partial charge in [-0.2, -0.15) is 0 Å². The van der Waals surface area contributed by atoms with Gasteiger partial charge in [0.25, 0.3) is 0 Å². The van der Waals surface area contributed by atoms with Crippen molar-refractivity contribution in [3.05, 3.63) is 24.6 Å². The van der Waals surface area contributed by atoms with Gasteiger partial charge in [0.1, 0.15) is 11.4 Å². The van der Waals surface area contributed by atoms with E-state index in [1.54, 1.807) is 12.5 Å². The zero-order valence-corrected chi connectivity index (χ0v) is 11.3. The van der Waals surface area contributed by atoms with Crippen LogP contribution in [0.2, 0.25) is 0 Å². The molecule has 0 aliphatic carbocycles. The summed E-state index contributed by atoms with van der Waals surface area (Å²) in [6.07, 6.45) is 3.48. The molecule has 2 aromatic heterocycles. The van der Waals surface area contributed by atoms with Gasteiger partial charge in [-0.3, -0.25) is 0 Å². The number of pyridine rings is 1. The summed E-state index contributed by atoms with van der Waals surface area (Å²) in [6.45, 7) is 4.34. The topological polar surface area (TPSA) is 29.3 Å². The average molecular weight is 283 g/mol. The fraction of sp³-hybridized carbons (Fsp3) is 0.417. The molecule has 0 saturated heterocycles. The summed E-state index contributed by atoms with van der Waals surface area (Å²) in [5, 5.41) is 1.94. The van der Waals surface area contributed by atoms with E-state index in [4.69, 9.17) is 4.42 Å². The maximum Gasteiger partial charge on any atom is 0.139 e. The van der Waals surface area contributed by atoms with E-state index in [0.29, 0.717) is 0 Å². The highest BCUT2D eigenvalue weighted by molar-refractivity contribution is 9.09. The Kier molecular flexibility index (Phi) is 2.93. The quantitative estimate of drug-likeness (QED) is 0.808. The van der Waals surface area contributed by atoms with Crippen molar-refractivity contribution >= 4 is 32.7 Å². The van der Waals surface area contributed by atoms with E-state index in [1.807, 2.05) is 12.1 Å². The Morgan fingerprint density at radius 2 is 2.19 bits per heavy atom. The highest BCUT2D eigenvalue weighted by atomic mass is 79.9. The first-order chi connectivity index (χ1) is 7.56. The van der Waals surface area contributed by atoms with Gasteiger partial charge in [0, 0.05) is 24.1 Å². The summed E-state index contributed by atoms with van der Waals surface area (Å²) < 4.78 is 5.38. The summed E-state index contributed by atoms with van der Waals surface area (Å²) in [4.78, 5) is 6.60. The lowest BCUT2D eigenvalue weighted by Crippen LogP contribution is -2.43. The second-order valence-corrected chi connectivity index (χ2v) is 5.03. The van der Waals surface area contributed by atoms with Gasteiger partial charge in [-0.05, 0) is 26.0 Å². The van der Waals surface area contributed by atoms with Gasteiger partial charge in [-0.15, -0.1) is 0 Å². The largest absolute Gasteiger partial charge is 0.464 e. The second-order valence-electron chi connectivity index (χ2n) is 4.47. The zero-order chi connectivity index (χ0) is 11.8. The van der Waals surface area contributed by atoms with Crippen LogP contribution >= 0.6 is 15.9 Å². The third-order valence-electron chi connectivity index (χ3n) is 2.91. The van der Waals surface area contributed by atoms with Gasteiger partial charge in [0.2, 0.25) is 0 Å². The van der Waals surface area contributed by atoms with Gasteiger partial charge in [-0.25, -0.2) is 4.98 Å². The maximum atomic E-state index is 5.38. The molecule has 0 saturated carbocycles. The third kappa shape index (κ3) is 1.82. The normalized spacial score (nSPS) is 12.0. The van der Waals surface area contributed by atoms with Gasteiger partial charge in [0.15, 0.2) is 0 Å². The minimum atomic E-state index is 0.0125. The smallest absolute Gasteiger partial charge is 0.139 e. The van der Waals surface area contributed by atoms with Gasteiger partial charge < -0.3 is 9.32 Å². The number of hydrogen-bond donors (Lipinski definition) is 0. The van der Waals surface area contributed by atoms with Gasteiger partial charge in [0.05, 0.1) is 11.6 Å². The molecule has 0 N–H and O–H groups in total. The SMILES string of the molecule is CN(c1nccc2occc12)C(C)(C)CBr. The second kappa shape index (κ2) is 4.09. The van der Waals surface area contributed by atoms with Crippen LogP contribution in [0.3, 0.4) is 0 Å². The molecule has 0 aliphatic rings. The standard InChI is InChI=1S/C12H15BrN2O/c1-12(2,8-13)15(3)11-9-5-7-16-10(9)4-6-14-11/h4-7H,8H2,1-3H3. The summed E-state index contributed by atoms with van der Waals surface area (Å²) >= 11 is 3.53. The van der Waals surface area contributed by atoms with E-state index < -0.39 is 0 Å². The summed E-state index contributed by atoms with van der Waals surface area (Å²) in [5.41, 5.74) is 0.890. The van der Waals surface area contributed by atoms with Crippen LogP contribution in [0.5, 0.6) is 0 Å². The highest BCUT2D eigenvalue weighted by Gasteiger charge is 2.24. The molecule has 2 rings (SSSR count). The molecule has 0 amide bonds. The number of hydrogen-bond acceptors (Lipinski definition) is 3. The Bertz CT molecular complexity index is 492. The van der Waals surface area contributed by atoms with Crippen molar-refractivity contribution in [3.8, 4) is 0 Å². The predicted molar refractivity (Wildman–Crippen MR) is 70.3 cm³/mol. The van der Waals surface area contributed by atoms with Crippen molar-refractivity contribution in [1.29, 1.82) is 0 Å². The minimum Gasteiger partial charge on any atom is -0.464 e. The Morgan fingerprint density at radius 3 is 2.88 bits per heavy atom. The van der Waals surface area contributed by atoms with Crippen LogP contribution in [0.1, 0.15) is 13.8 Å². The molecule has 0 aromatic carbocycles. The number of fused-ring (bicyclic) bond motifs is 1. The van der Waals surface area contributed by atoms with Gasteiger partial charge in [-0.1, -0.05) is 15.9 Å². The van der Waals surface area contributed by atoms with Crippen molar-refractivity contribution in [2.75, 3.05) is 17.3 Å². The molecule has 0 atom stereocenters. The van der Waals surface area contributed by atoms with Crippen LogP contribution in [0.15, 0.2) is 29.0 Å². The number of nitrogens with zero attached hydrogens (tertiary/aromatic N) is 2. The van der Waals surface area contributed by atoms with Crippen molar-refractivity contribution in [2.45, 2.75) is 19.4 Å². The fourth-order valence-corrected chi connectivity index (χ4v) is 1.90. The third-order valence-corrected chi connectivity index (χ3v) is 4.28. The first-order valence-electron chi connectivity index (χ1n) is 5.18. The minimum absolute atomic E-state index is 0.0125. The molecule has 0 bridgehead atoms. The Morgan fingerprint density at radius 1 is 1.44 bits per heavy atom. The van der Waals surface area contributed by atoms with E-state index in [1.165, 1.54) is 0 Å². The van der Waals surface area contributed by atoms with Crippen LogP contribution < -0.4 is 4.90 Å².